The Morgan fingerprint density at radius 1 is 0.975 bits per heavy atom. The van der Waals surface area contributed by atoms with Crippen LogP contribution >= 0.6 is 23.2 Å². The Bertz CT molecular complexity index is 1400. The molecule has 0 heterocycles. The molecule has 0 spiro atoms. The van der Waals surface area contributed by atoms with Gasteiger partial charge in [0.25, 0.3) is 0 Å². The van der Waals surface area contributed by atoms with Crippen LogP contribution in [0.5, 0.6) is 0 Å². The minimum atomic E-state index is -3.57. The summed E-state index contributed by atoms with van der Waals surface area (Å²) in [6.07, 6.45) is 1.75. The van der Waals surface area contributed by atoms with Crippen molar-refractivity contribution in [3.63, 3.8) is 0 Å². The summed E-state index contributed by atoms with van der Waals surface area (Å²) in [5, 5.41) is 3.71. The quantitative estimate of drug-likeness (QED) is 0.274. The first-order valence-electron chi connectivity index (χ1n) is 13.1. The number of likely N-dealkylation sites (N-methyl/N-ethyl adjacent to an activating group) is 1. The van der Waals surface area contributed by atoms with Crippen LogP contribution < -0.4 is 9.62 Å². The second-order valence-corrected chi connectivity index (χ2v) is 12.4. The molecule has 0 unspecified atom stereocenters. The van der Waals surface area contributed by atoms with Crippen LogP contribution in [0, 0.1) is 6.92 Å². The maximum absolute atomic E-state index is 13.8. The molecule has 3 aromatic carbocycles. The summed E-state index contributed by atoms with van der Waals surface area (Å²) in [4.78, 5) is 28.6. The van der Waals surface area contributed by atoms with Crippen LogP contribution in [0.15, 0.2) is 72.8 Å². The minimum Gasteiger partial charge on any atom is -0.355 e. The van der Waals surface area contributed by atoms with Crippen molar-refractivity contribution in [3.8, 4) is 0 Å². The second-order valence-electron chi connectivity index (χ2n) is 9.63. The lowest BCUT2D eigenvalue weighted by molar-refractivity contribution is -0.141. The number of benzene rings is 3. The molecule has 214 valence electrons. The van der Waals surface area contributed by atoms with Gasteiger partial charge in [-0.2, -0.15) is 0 Å². The Morgan fingerprint density at radius 2 is 1.65 bits per heavy atom. The van der Waals surface area contributed by atoms with Crippen molar-refractivity contribution in [1.29, 1.82) is 0 Å². The Balaban J connectivity index is 1.88. The molecule has 0 aliphatic rings. The van der Waals surface area contributed by atoms with E-state index in [1.54, 1.807) is 30.3 Å². The molecule has 0 radical (unpaired) electrons. The number of aryl methyl sites for hydroxylation is 1. The Kier molecular flexibility index (Phi) is 11.4. The van der Waals surface area contributed by atoms with Crippen molar-refractivity contribution in [1.82, 2.24) is 10.2 Å². The number of amides is 2. The summed E-state index contributed by atoms with van der Waals surface area (Å²) in [6, 6.07) is 20.9. The highest BCUT2D eigenvalue weighted by molar-refractivity contribution is 7.92. The molecule has 0 aromatic heterocycles. The Labute approximate surface area is 247 Å². The number of hydrogen-bond donors (Lipinski definition) is 1. The molecular weight excluding hydrogens is 569 g/mol. The summed E-state index contributed by atoms with van der Waals surface area (Å²) < 4.78 is 26.4. The fourth-order valence-corrected chi connectivity index (χ4v) is 5.83. The number of nitrogens with zero attached hydrogens (tertiary/aromatic N) is 2. The van der Waals surface area contributed by atoms with Crippen LogP contribution in [0.25, 0.3) is 0 Å². The van der Waals surface area contributed by atoms with E-state index in [0.29, 0.717) is 34.3 Å². The van der Waals surface area contributed by atoms with Gasteiger partial charge in [-0.1, -0.05) is 77.3 Å². The maximum Gasteiger partial charge on any atom is 0.243 e. The van der Waals surface area contributed by atoms with Gasteiger partial charge in [0, 0.05) is 42.5 Å². The minimum absolute atomic E-state index is 0.0355. The van der Waals surface area contributed by atoms with Crippen molar-refractivity contribution in [2.75, 3.05) is 23.7 Å². The van der Waals surface area contributed by atoms with Crippen LogP contribution in [0.3, 0.4) is 0 Å². The molecule has 3 rings (SSSR count). The average Bonchev–Trinajstić information content (AvgIpc) is 2.90. The first-order valence-corrected chi connectivity index (χ1v) is 15.7. The number of carbonyl (C=O) groups excluding carboxylic acids is 2. The molecule has 0 bridgehead atoms. The first-order chi connectivity index (χ1) is 19.0. The SMILES string of the molecule is CCNC(=O)[C@@H](Cc1ccccc1)N(Cc1ccc(Cl)cc1Cl)C(=O)CCCN(c1ccc(C)cc1)S(C)(=O)=O. The van der Waals surface area contributed by atoms with Gasteiger partial charge in [-0.3, -0.25) is 13.9 Å². The molecule has 7 nitrogen and oxygen atoms in total. The molecule has 0 saturated heterocycles. The fourth-order valence-electron chi connectivity index (χ4n) is 4.39. The van der Waals surface area contributed by atoms with Crippen molar-refractivity contribution in [2.45, 2.75) is 45.7 Å². The predicted molar refractivity (Wildman–Crippen MR) is 162 cm³/mol. The van der Waals surface area contributed by atoms with Crippen molar-refractivity contribution < 1.29 is 18.0 Å². The molecule has 2 amide bonds. The van der Waals surface area contributed by atoms with Crippen LogP contribution in [0.2, 0.25) is 10.0 Å². The number of anilines is 1. The van der Waals surface area contributed by atoms with Gasteiger partial charge in [0.2, 0.25) is 21.8 Å². The van der Waals surface area contributed by atoms with E-state index in [9.17, 15) is 18.0 Å². The molecule has 0 saturated carbocycles. The van der Waals surface area contributed by atoms with Gasteiger partial charge >= 0.3 is 0 Å². The fraction of sp³-hybridized carbons (Fsp3) is 0.333. The summed E-state index contributed by atoms with van der Waals surface area (Å²) in [7, 11) is -3.57. The average molecular weight is 605 g/mol. The maximum atomic E-state index is 13.8. The van der Waals surface area contributed by atoms with Crippen molar-refractivity contribution in [3.05, 3.63) is 99.5 Å². The molecule has 3 aromatic rings. The smallest absolute Gasteiger partial charge is 0.243 e. The van der Waals surface area contributed by atoms with E-state index in [2.05, 4.69) is 5.32 Å². The van der Waals surface area contributed by atoms with E-state index in [1.165, 1.54) is 9.21 Å². The summed E-state index contributed by atoms with van der Waals surface area (Å²) in [5.41, 5.74) is 3.11. The lowest BCUT2D eigenvalue weighted by Crippen LogP contribution is -2.50. The topological polar surface area (TPSA) is 86.8 Å². The number of hydrogen-bond acceptors (Lipinski definition) is 4. The first kappa shape index (κ1) is 31.5. The molecule has 1 atom stereocenters. The van der Waals surface area contributed by atoms with Gasteiger partial charge in [-0.25, -0.2) is 8.42 Å². The monoisotopic (exact) mass is 603 g/mol. The Hall–Kier alpha value is -3.07. The third kappa shape index (κ3) is 8.98. The molecule has 1 N–H and O–H groups in total. The predicted octanol–water partition coefficient (Wildman–Crippen LogP) is 5.62. The molecular formula is C30H35Cl2N3O4S. The van der Waals surface area contributed by atoms with Gasteiger partial charge in [-0.15, -0.1) is 0 Å². The van der Waals surface area contributed by atoms with Gasteiger partial charge in [-0.05, 0) is 55.7 Å². The molecule has 0 aliphatic carbocycles. The summed E-state index contributed by atoms with van der Waals surface area (Å²) in [6.45, 7) is 4.37. The highest BCUT2D eigenvalue weighted by atomic mass is 35.5. The third-order valence-electron chi connectivity index (χ3n) is 6.45. The number of nitrogens with one attached hydrogen (secondary N) is 1. The molecule has 40 heavy (non-hydrogen) atoms. The van der Waals surface area contributed by atoms with Crippen molar-refractivity contribution in [2.24, 2.45) is 0 Å². The third-order valence-corrected chi connectivity index (χ3v) is 8.23. The van der Waals surface area contributed by atoms with Gasteiger partial charge < -0.3 is 10.2 Å². The van der Waals surface area contributed by atoms with Gasteiger partial charge in [0.15, 0.2) is 0 Å². The van der Waals surface area contributed by atoms with E-state index >= 15 is 0 Å². The standard InChI is InChI=1S/C30H35Cl2N3O4S/c1-4-33-30(37)28(19-23-9-6-5-7-10-23)34(21-24-14-15-25(31)20-27(24)32)29(36)11-8-18-35(40(3,38)39)26-16-12-22(2)13-17-26/h5-7,9-10,12-17,20,28H,4,8,11,18-19,21H2,1-3H3,(H,33,37)/t28-/m1/s1. The lowest BCUT2D eigenvalue weighted by Gasteiger charge is -2.32. The van der Waals surface area contributed by atoms with E-state index in [0.717, 1.165) is 17.4 Å². The zero-order chi connectivity index (χ0) is 29.3. The molecule has 0 fully saturated rings. The number of sulfonamides is 1. The second kappa shape index (κ2) is 14.5. The normalized spacial score (nSPS) is 12.0. The van der Waals surface area contributed by atoms with Crippen LogP contribution in [0.1, 0.15) is 36.5 Å². The largest absolute Gasteiger partial charge is 0.355 e. The highest BCUT2D eigenvalue weighted by Gasteiger charge is 2.30. The van der Waals surface area contributed by atoms with Gasteiger partial charge in [0.1, 0.15) is 6.04 Å². The molecule has 0 aliphatic heterocycles. The summed E-state index contributed by atoms with van der Waals surface area (Å²) in [5.74, 6) is -0.558. The Morgan fingerprint density at radius 3 is 2.25 bits per heavy atom. The zero-order valence-corrected chi connectivity index (χ0v) is 25.3. The van der Waals surface area contributed by atoms with E-state index in [1.807, 2.05) is 56.3 Å². The lowest BCUT2D eigenvalue weighted by atomic mass is 10.0. The number of rotatable bonds is 13. The highest BCUT2D eigenvalue weighted by Crippen LogP contribution is 2.25. The van der Waals surface area contributed by atoms with Crippen LogP contribution in [-0.2, 0) is 32.6 Å². The van der Waals surface area contributed by atoms with Gasteiger partial charge in [0.05, 0.1) is 11.9 Å². The van der Waals surface area contributed by atoms with E-state index < -0.39 is 16.1 Å². The summed E-state index contributed by atoms with van der Waals surface area (Å²) >= 11 is 12.6. The molecule has 10 heteroatoms. The van der Waals surface area contributed by atoms with Crippen molar-refractivity contribution >= 4 is 50.7 Å². The van der Waals surface area contributed by atoms with Crippen LogP contribution in [-0.4, -0.2) is 50.5 Å². The number of carbonyl (C=O) groups is 2. The number of halogens is 2. The zero-order valence-electron chi connectivity index (χ0n) is 22.9. The van der Waals surface area contributed by atoms with Crippen LogP contribution in [0.4, 0.5) is 5.69 Å². The van der Waals surface area contributed by atoms with E-state index in [4.69, 9.17) is 23.2 Å². The van der Waals surface area contributed by atoms with E-state index in [-0.39, 0.29) is 37.7 Å².